The Morgan fingerprint density at radius 3 is 2.88 bits per heavy atom. The van der Waals surface area contributed by atoms with Gasteiger partial charge in [-0.3, -0.25) is 9.78 Å². The fourth-order valence-electron chi connectivity index (χ4n) is 3.64. The highest BCUT2D eigenvalue weighted by Crippen LogP contribution is 2.35. The molecule has 4 rings (SSSR count). The van der Waals surface area contributed by atoms with Gasteiger partial charge < -0.3 is 14.7 Å². The lowest BCUT2D eigenvalue weighted by molar-refractivity contribution is 0.0717. The van der Waals surface area contributed by atoms with E-state index < -0.39 is 6.10 Å². The fraction of sp³-hybridized carbons (Fsp3) is 0.238. The first kappa shape index (κ1) is 16.5. The standard InChI is InChI=1S/C21H20N2O3/c1-26-17-7-4-6-14(9-17)20-10-16(24)13-23(20)21(25)19-12-22-11-15-5-2-3-8-18(15)19/h2-9,11-12,16,20,24H,10,13H2,1H3. The molecule has 0 radical (unpaired) electrons. The van der Waals surface area contributed by atoms with Crippen molar-refractivity contribution in [2.24, 2.45) is 0 Å². The van der Waals surface area contributed by atoms with Crippen LogP contribution in [0.4, 0.5) is 0 Å². The molecular weight excluding hydrogens is 328 g/mol. The fourth-order valence-corrected chi connectivity index (χ4v) is 3.64. The molecule has 1 aliphatic rings. The number of aliphatic hydroxyl groups excluding tert-OH is 1. The molecule has 1 fully saturated rings. The van der Waals surface area contributed by atoms with Gasteiger partial charge in [0.05, 0.1) is 24.8 Å². The Kier molecular flexibility index (Phi) is 4.31. The molecule has 2 atom stereocenters. The van der Waals surface area contributed by atoms with Crippen molar-refractivity contribution in [3.05, 3.63) is 72.1 Å². The number of methoxy groups -OCH3 is 1. The monoisotopic (exact) mass is 348 g/mol. The van der Waals surface area contributed by atoms with Crippen molar-refractivity contribution >= 4 is 16.7 Å². The van der Waals surface area contributed by atoms with Crippen LogP contribution in [0.3, 0.4) is 0 Å². The van der Waals surface area contributed by atoms with Gasteiger partial charge >= 0.3 is 0 Å². The number of carbonyl (C=O) groups is 1. The van der Waals surface area contributed by atoms with E-state index in [-0.39, 0.29) is 11.9 Å². The van der Waals surface area contributed by atoms with Crippen molar-refractivity contribution in [3.8, 4) is 5.75 Å². The summed E-state index contributed by atoms with van der Waals surface area (Å²) in [5, 5.41) is 12.0. The third-order valence-corrected chi connectivity index (χ3v) is 4.92. The number of benzene rings is 2. The van der Waals surface area contributed by atoms with Crippen LogP contribution >= 0.6 is 0 Å². The predicted molar refractivity (Wildman–Crippen MR) is 99.1 cm³/mol. The largest absolute Gasteiger partial charge is 0.497 e. The van der Waals surface area contributed by atoms with Crippen LogP contribution in [0.1, 0.15) is 28.4 Å². The average molecular weight is 348 g/mol. The van der Waals surface area contributed by atoms with E-state index in [1.807, 2.05) is 48.5 Å². The Bertz CT molecular complexity index is 951. The van der Waals surface area contributed by atoms with Gasteiger partial charge in [0.15, 0.2) is 0 Å². The molecule has 2 aromatic carbocycles. The Morgan fingerprint density at radius 2 is 2.04 bits per heavy atom. The Labute approximate surface area is 151 Å². The summed E-state index contributed by atoms with van der Waals surface area (Å²) in [5.74, 6) is 0.627. The van der Waals surface area contributed by atoms with E-state index in [0.29, 0.717) is 18.5 Å². The van der Waals surface area contributed by atoms with E-state index in [0.717, 1.165) is 22.1 Å². The molecule has 1 aromatic heterocycles. The van der Waals surface area contributed by atoms with Crippen LogP contribution in [0.5, 0.6) is 5.75 Å². The number of amides is 1. The third-order valence-electron chi connectivity index (χ3n) is 4.92. The quantitative estimate of drug-likeness (QED) is 0.790. The van der Waals surface area contributed by atoms with E-state index in [4.69, 9.17) is 4.74 Å². The minimum atomic E-state index is -0.543. The maximum atomic E-state index is 13.3. The van der Waals surface area contributed by atoms with Crippen molar-refractivity contribution in [3.63, 3.8) is 0 Å². The maximum Gasteiger partial charge on any atom is 0.256 e. The Morgan fingerprint density at radius 1 is 1.19 bits per heavy atom. The van der Waals surface area contributed by atoms with Crippen LogP contribution in [-0.2, 0) is 0 Å². The molecule has 0 aliphatic carbocycles. The van der Waals surface area contributed by atoms with E-state index >= 15 is 0 Å². The molecule has 132 valence electrons. The molecule has 26 heavy (non-hydrogen) atoms. The topological polar surface area (TPSA) is 62.7 Å². The number of fused-ring (bicyclic) bond motifs is 1. The Balaban J connectivity index is 1.73. The molecule has 2 unspecified atom stereocenters. The van der Waals surface area contributed by atoms with Crippen molar-refractivity contribution in [1.82, 2.24) is 9.88 Å². The van der Waals surface area contributed by atoms with Crippen LogP contribution in [-0.4, -0.2) is 40.7 Å². The number of aromatic nitrogens is 1. The predicted octanol–water partition coefficient (Wildman–Crippen LogP) is 3.19. The minimum Gasteiger partial charge on any atom is -0.497 e. The molecule has 1 saturated heterocycles. The van der Waals surface area contributed by atoms with Crippen LogP contribution < -0.4 is 4.74 Å². The average Bonchev–Trinajstić information content (AvgIpc) is 3.09. The summed E-state index contributed by atoms with van der Waals surface area (Å²) in [4.78, 5) is 19.2. The zero-order valence-corrected chi connectivity index (χ0v) is 14.5. The summed E-state index contributed by atoms with van der Waals surface area (Å²) < 4.78 is 5.30. The SMILES string of the molecule is COc1cccc(C2CC(O)CN2C(=O)c2cncc3ccccc23)c1. The number of hydrogen-bond acceptors (Lipinski definition) is 4. The summed E-state index contributed by atoms with van der Waals surface area (Å²) in [6.07, 6.45) is 3.33. The molecular formula is C21H20N2O3. The number of pyridine rings is 1. The molecule has 2 heterocycles. The first-order valence-corrected chi connectivity index (χ1v) is 8.63. The van der Waals surface area contributed by atoms with E-state index in [9.17, 15) is 9.90 Å². The van der Waals surface area contributed by atoms with Gasteiger partial charge in [-0.05, 0) is 29.5 Å². The molecule has 3 aromatic rings. The number of carbonyl (C=O) groups excluding carboxylic acids is 1. The smallest absolute Gasteiger partial charge is 0.256 e. The number of nitrogens with zero attached hydrogens (tertiary/aromatic N) is 2. The third kappa shape index (κ3) is 2.91. The van der Waals surface area contributed by atoms with Gasteiger partial charge in [-0.2, -0.15) is 0 Å². The Hall–Kier alpha value is -2.92. The minimum absolute atomic E-state index is 0.112. The van der Waals surface area contributed by atoms with Crippen LogP contribution in [0.15, 0.2) is 60.9 Å². The van der Waals surface area contributed by atoms with Crippen LogP contribution in [0.2, 0.25) is 0 Å². The highest BCUT2D eigenvalue weighted by atomic mass is 16.5. The highest BCUT2D eigenvalue weighted by Gasteiger charge is 2.36. The molecule has 1 aliphatic heterocycles. The first-order chi connectivity index (χ1) is 12.7. The number of ether oxygens (including phenoxy) is 1. The molecule has 5 nitrogen and oxygen atoms in total. The normalized spacial score (nSPS) is 19.7. The van der Waals surface area contributed by atoms with Gasteiger partial charge in [-0.15, -0.1) is 0 Å². The second-order valence-electron chi connectivity index (χ2n) is 6.55. The van der Waals surface area contributed by atoms with Crippen LogP contribution in [0, 0.1) is 0 Å². The zero-order chi connectivity index (χ0) is 18.1. The van der Waals surface area contributed by atoms with Crippen molar-refractivity contribution < 1.29 is 14.6 Å². The number of hydrogen-bond donors (Lipinski definition) is 1. The number of rotatable bonds is 3. The molecule has 1 amide bonds. The van der Waals surface area contributed by atoms with Gasteiger partial charge in [0.1, 0.15) is 5.75 Å². The lowest BCUT2D eigenvalue weighted by Gasteiger charge is -2.25. The van der Waals surface area contributed by atoms with E-state index in [1.165, 1.54) is 0 Å². The van der Waals surface area contributed by atoms with Gasteiger partial charge in [-0.1, -0.05) is 36.4 Å². The van der Waals surface area contributed by atoms with Crippen molar-refractivity contribution in [2.75, 3.05) is 13.7 Å². The van der Waals surface area contributed by atoms with Gasteiger partial charge in [0.25, 0.3) is 5.91 Å². The van der Waals surface area contributed by atoms with Gasteiger partial charge in [0, 0.05) is 24.3 Å². The summed E-state index contributed by atoms with van der Waals surface area (Å²) in [6.45, 7) is 0.309. The number of β-amino-alcohol motifs (C(OH)–C–C–N with tert-alkyl or cyclic N) is 1. The van der Waals surface area contributed by atoms with E-state index in [1.54, 1.807) is 24.4 Å². The molecule has 0 spiro atoms. The lowest BCUT2D eigenvalue weighted by Crippen LogP contribution is -2.32. The number of aliphatic hydroxyl groups is 1. The molecule has 0 bridgehead atoms. The summed E-state index contributed by atoms with van der Waals surface area (Å²) >= 11 is 0. The maximum absolute atomic E-state index is 13.3. The summed E-state index contributed by atoms with van der Waals surface area (Å²) in [6, 6.07) is 15.2. The summed E-state index contributed by atoms with van der Waals surface area (Å²) in [5.41, 5.74) is 1.52. The lowest BCUT2D eigenvalue weighted by atomic mass is 10.0. The second-order valence-corrected chi connectivity index (χ2v) is 6.55. The molecule has 0 saturated carbocycles. The van der Waals surface area contributed by atoms with Gasteiger partial charge in [0.2, 0.25) is 0 Å². The second kappa shape index (κ2) is 6.77. The van der Waals surface area contributed by atoms with E-state index in [2.05, 4.69) is 4.98 Å². The van der Waals surface area contributed by atoms with Crippen molar-refractivity contribution in [2.45, 2.75) is 18.6 Å². The number of likely N-dealkylation sites (tertiary alicyclic amines) is 1. The summed E-state index contributed by atoms with van der Waals surface area (Å²) in [7, 11) is 1.62. The van der Waals surface area contributed by atoms with Crippen LogP contribution in [0.25, 0.3) is 10.8 Å². The highest BCUT2D eigenvalue weighted by molar-refractivity contribution is 6.06. The first-order valence-electron chi connectivity index (χ1n) is 8.63. The molecule has 1 N–H and O–H groups in total. The zero-order valence-electron chi connectivity index (χ0n) is 14.5. The van der Waals surface area contributed by atoms with Crippen molar-refractivity contribution in [1.29, 1.82) is 0 Å². The molecule has 5 heteroatoms. The van der Waals surface area contributed by atoms with Gasteiger partial charge in [-0.25, -0.2) is 0 Å².